The number of carbonyl (C=O) groups excluding carboxylic acids is 2. The average molecular weight is 359 g/mol. The van der Waals surface area contributed by atoms with Crippen molar-refractivity contribution < 1.29 is 19.1 Å². The van der Waals surface area contributed by atoms with Crippen molar-refractivity contribution in [3.05, 3.63) is 58.4 Å². The zero-order valence-corrected chi connectivity index (χ0v) is 14.4. The van der Waals surface area contributed by atoms with E-state index in [2.05, 4.69) is 4.98 Å². The molecule has 0 atom stereocenters. The maximum atomic E-state index is 12.0. The smallest absolute Gasteiger partial charge is 0.358 e. The quantitative estimate of drug-likeness (QED) is 0.493. The zero-order chi connectivity index (χ0) is 16.9. The molecule has 1 aromatic carbocycles. The first-order valence-corrected chi connectivity index (χ1v) is 8.77. The van der Waals surface area contributed by atoms with E-state index in [1.165, 1.54) is 11.3 Å². The topological polar surface area (TPSA) is 65.5 Å². The van der Waals surface area contributed by atoms with Crippen LogP contribution in [0.4, 0.5) is 0 Å². The molecule has 3 aromatic rings. The number of nitrogens with zero attached hydrogens (tertiary/aromatic N) is 1. The van der Waals surface area contributed by atoms with Gasteiger partial charge in [-0.1, -0.05) is 6.07 Å². The van der Waals surface area contributed by atoms with Crippen LogP contribution >= 0.6 is 22.7 Å². The summed E-state index contributed by atoms with van der Waals surface area (Å²) in [5, 5.41) is 4.34. The molecular formula is C17H13NO4S2. The van der Waals surface area contributed by atoms with Crippen LogP contribution in [0.25, 0.3) is 9.88 Å². The molecule has 5 nitrogen and oxygen atoms in total. The summed E-state index contributed by atoms with van der Waals surface area (Å²) in [7, 11) is 1.55. The van der Waals surface area contributed by atoms with Gasteiger partial charge < -0.3 is 9.47 Å². The first-order chi connectivity index (χ1) is 11.7. The number of carbonyl (C=O) groups is 2. The van der Waals surface area contributed by atoms with E-state index in [4.69, 9.17) is 9.47 Å². The lowest BCUT2D eigenvalue weighted by atomic mass is 10.1. The Hall–Kier alpha value is -2.51. The first-order valence-electron chi connectivity index (χ1n) is 7.01. The number of benzene rings is 1. The van der Waals surface area contributed by atoms with Crippen molar-refractivity contribution in [2.45, 2.75) is 0 Å². The summed E-state index contributed by atoms with van der Waals surface area (Å²) in [5.74, 6) is -0.220. The molecule has 2 heterocycles. The lowest BCUT2D eigenvalue weighted by Gasteiger charge is -2.04. The monoisotopic (exact) mass is 359 g/mol. The van der Waals surface area contributed by atoms with Gasteiger partial charge in [0.1, 0.15) is 10.8 Å². The van der Waals surface area contributed by atoms with Gasteiger partial charge in [0.25, 0.3) is 0 Å². The Morgan fingerprint density at radius 2 is 1.92 bits per heavy atom. The number of ketones is 1. The number of thiophene rings is 1. The minimum Gasteiger partial charge on any atom is -0.497 e. The van der Waals surface area contributed by atoms with Gasteiger partial charge in [-0.3, -0.25) is 4.79 Å². The van der Waals surface area contributed by atoms with Crippen LogP contribution in [0.3, 0.4) is 0 Å². The van der Waals surface area contributed by atoms with Crippen molar-refractivity contribution in [1.29, 1.82) is 0 Å². The van der Waals surface area contributed by atoms with Gasteiger partial charge in [0, 0.05) is 10.9 Å². The van der Waals surface area contributed by atoms with Gasteiger partial charge in [-0.2, -0.15) is 0 Å². The summed E-state index contributed by atoms with van der Waals surface area (Å²) in [6.07, 6.45) is 0. The Balaban J connectivity index is 1.59. The maximum absolute atomic E-state index is 12.0. The standard InChI is InChI=1S/C17H13NO4S2/c1-21-12-6-4-11(5-7-12)14(19)9-22-17(20)13-10-24-16(18-13)15-3-2-8-23-15/h2-8,10H,9H2,1H3. The van der Waals surface area contributed by atoms with Crippen molar-refractivity contribution >= 4 is 34.4 Å². The molecule has 0 unspecified atom stereocenters. The van der Waals surface area contributed by atoms with Gasteiger partial charge in [-0.15, -0.1) is 22.7 Å². The molecule has 0 N–H and O–H groups in total. The molecular weight excluding hydrogens is 346 g/mol. The highest BCUT2D eigenvalue weighted by atomic mass is 32.1. The molecule has 0 radical (unpaired) electrons. The summed E-state index contributed by atoms with van der Waals surface area (Å²) >= 11 is 2.92. The molecule has 0 saturated heterocycles. The Kier molecular flexibility index (Phi) is 5.02. The summed E-state index contributed by atoms with van der Waals surface area (Å²) in [6, 6.07) is 10.5. The normalized spacial score (nSPS) is 10.4. The molecule has 0 amide bonds. The number of thiazole rings is 1. The second-order valence-corrected chi connectivity index (χ2v) is 6.55. The van der Waals surface area contributed by atoms with E-state index in [0.717, 1.165) is 9.88 Å². The third-order valence-corrected chi connectivity index (χ3v) is 5.07. The molecule has 0 aliphatic carbocycles. The Bertz CT molecular complexity index is 838. The van der Waals surface area contributed by atoms with Crippen LogP contribution in [0, 0.1) is 0 Å². The molecule has 7 heteroatoms. The summed E-state index contributed by atoms with van der Waals surface area (Å²) in [6.45, 7) is -0.322. The van der Waals surface area contributed by atoms with Gasteiger partial charge in [0.2, 0.25) is 0 Å². The van der Waals surface area contributed by atoms with E-state index < -0.39 is 5.97 Å². The number of hydrogen-bond donors (Lipinski definition) is 0. The van der Waals surface area contributed by atoms with Crippen LogP contribution in [0.5, 0.6) is 5.75 Å². The number of aromatic nitrogens is 1. The maximum Gasteiger partial charge on any atom is 0.358 e. The lowest BCUT2D eigenvalue weighted by Crippen LogP contribution is -2.14. The van der Waals surface area contributed by atoms with Crippen LogP contribution in [-0.4, -0.2) is 30.5 Å². The second kappa shape index (κ2) is 7.37. The van der Waals surface area contributed by atoms with Crippen LogP contribution in [0.1, 0.15) is 20.8 Å². The Morgan fingerprint density at radius 3 is 2.58 bits per heavy atom. The van der Waals surface area contributed by atoms with E-state index >= 15 is 0 Å². The average Bonchev–Trinajstić information content (AvgIpc) is 3.30. The molecule has 122 valence electrons. The molecule has 0 aliphatic heterocycles. The van der Waals surface area contributed by atoms with Crippen molar-refractivity contribution in [3.8, 4) is 15.6 Å². The van der Waals surface area contributed by atoms with Crippen molar-refractivity contribution in [2.75, 3.05) is 13.7 Å². The fourth-order valence-electron chi connectivity index (χ4n) is 1.95. The van der Waals surface area contributed by atoms with Gasteiger partial charge >= 0.3 is 5.97 Å². The van der Waals surface area contributed by atoms with Crippen molar-refractivity contribution in [2.24, 2.45) is 0 Å². The van der Waals surface area contributed by atoms with Gasteiger partial charge in [0.05, 0.1) is 12.0 Å². The third-order valence-electron chi connectivity index (χ3n) is 3.19. The minimum atomic E-state index is -0.601. The molecule has 0 saturated carbocycles. The zero-order valence-electron chi connectivity index (χ0n) is 12.7. The highest BCUT2D eigenvalue weighted by molar-refractivity contribution is 7.20. The van der Waals surface area contributed by atoms with Gasteiger partial charge in [-0.05, 0) is 35.7 Å². The number of rotatable bonds is 6. The molecule has 0 spiro atoms. The number of Topliss-reactive ketones (excluding diaryl/α,β-unsaturated/α-hetero) is 1. The molecule has 2 aromatic heterocycles. The molecule has 24 heavy (non-hydrogen) atoms. The SMILES string of the molecule is COc1ccc(C(=O)COC(=O)c2csc(-c3cccs3)n2)cc1. The van der Waals surface area contributed by atoms with Crippen LogP contribution < -0.4 is 4.74 Å². The molecule has 0 aliphatic rings. The Labute approximate surface area is 146 Å². The highest BCUT2D eigenvalue weighted by Crippen LogP contribution is 2.27. The number of hydrogen-bond acceptors (Lipinski definition) is 7. The van der Waals surface area contributed by atoms with Crippen LogP contribution in [0.15, 0.2) is 47.2 Å². The second-order valence-electron chi connectivity index (χ2n) is 4.74. The van der Waals surface area contributed by atoms with Crippen molar-refractivity contribution in [1.82, 2.24) is 4.98 Å². The lowest BCUT2D eigenvalue weighted by molar-refractivity contribution is 0.0470. The highest BCUT2D eigenvalue weighted by Gasteiger charge is 2.16. The van der Waals surface area contributed by atoms with Gasteiger partial charge in [0.15, 0.2) is 18.1 Å². The van der Waals surface area contributed by atoms with Crippen LogP contribution in [-0.2, 0) is 4.74 Å². The van der Waals surface area contributed by atoms with E-state index in [1.807, 2.05) is 17.5 Å². The third kappa shape index (κ3) is 3.69. The summed E-state index contributed by atoms with van der Waals surface area (Å²) in [5.41, 5.74) is 0.673. The first kappa shape index (κ1) is 16.4. The molecule has 3 rings (SSSR count). The minimum absolute atomic E-state index is 0.214. The van der Waals surface area contributed by atoms with E-state index in [9.17, 15) is 9.59 Å². The molecule has 0 bridgehead atoms. The Morgan fingerprint density at radius 1 is 1.12 bits per heavy atom. The van der Waals surface area contributed by atoms with Gasteiger partial charge in [-0.25, -0.2) is 9.78 Å². The fourth-order valence-corrected chi connectivity index (χ4v) is 3.55. The van der Waals surface area contributed by atoms with Crippen molar-refractivity contribution in [3.63, 3.8) is 0 Å². The predicted molar refractivity (Wildman–Crippen MR) is 93.0 cm³/mol. The van der Waals surface area contributed by atoms with Crippen LogP contribution in [0.2, 0.25) is 0 Å². The number of esters is 1. The number of ether oxygens (including phenoxy) is 2. The van der Waals surface area contributed by atoms with E-state index in [-0.39, 0.29) is 18.1 Å². The largest absolute Gasteiger partial charge is 0.497 e. The van der Waals surface area contributed by atoms with E-state index in [0.29, 0.717) is 11.3 Å². The predicted octanol–water partition coefficient (Wildman–Crippen LogP) is 3.92. The van der Waals surface area contributed by atoms with E-state index in [1.54, 1.807) is 48.1 Å². The summed E-state index contributed by atoms with van der Waals surface area (Å²) in [4.78, 5) is 29.3. The molecule has 0 fully saturated rings. The summed E-state index contributed by atoms with van der Waals surface area (Å²) < 4.78 is 10.1. The fraction of sp³-hybridized carbons (Fsp3) is 0.118. The number of methoxy groups -OCH3 is 1.